The van der Waals surface area contributed by atoms with Crippen molar-refractivity contribution in [2.45, 2.75) is 13.0 Å². The van der Waals surface area contributed by atoms with Crippen LogP contribution in [0.1, 0.15) is 12.1 Å². The van der Waals surface area contributed by atoms with Crippen LogP contribution in [0.5, 0.6) is 0 Å². The number of aromatic nitrogens is 2. The van der Waals surface area contributed by atoms with Gasteiger partial charge in [-0.1, -0.05) is 6.07 Å². The van der Waals surface area contributed by atoms with E-state index in [0.29, 0.717) is 6.54 Å². The van der Waals surface area contributed by atoms with Crippen LogP contribution in [0.3, 0.4) is 0 Å². The monoisotopic (exact) mass is 259 g/mol. The summed E-state index contributed by atoms with van der Waals surface area (Å²) in [5.74, 6) is 1.06. The second-order valence-corrected chi connectivity index (χ2v) is 5.16. The normalized spacial score (nSPS) is 17.9. The maximum Gasteiger partial charge on any atom is 0.152 e. The molecule has 3 rings (SSSR count). The van der Waals surface area contributed by atoms with Gasteiger partial charge >= 0.3 is 0 Å². The molecule has 102 valence electrons. The van der Waals surface area contributed by atoms with Gasteiger partial charge in [0, 0.05) is 32.4 Å². The summed E-state index contributed by atoms with van der Waals surface area (Å²) in [4.78, 5) is 9.51. The van der Waals surface area contributed by atoms with E-state index >= 15 is 0 Å². The maximum absolute atomic E-state index is 5.94. The van der Waals surface area contributed by atoms with Crippen molar-refractivity contribution >= 4 is 11.5 Å². The van der Waals surface area contributed by atoms with Crippen molar-refractivity contribution in [3.8, 4) is 0 Å². The van der Waals surface area contributed by atoms with Crippen molar-refractivity contribution in [1.82, 2.24) is 14.3 Å². The van der Waals surface area contributed by atoms with E-state index in [1.165, 1.54) is 6.42 Å². The van der Waals surface area contributed by atoms with Gasteiger partial charge in [-0.2, -0.15) is 0 Å². The van der Waals surface area contributed by atoms with Crippen molar-refractivity contribution in [3.63, 3.8) is 0 Å². The van der Waals surface area contributed by atoms with E-state index in [1.807, 2.05) is 24.4 Å². The minimum absolute atomic E-state index is 0.521. The zero-order valence-corrected chi connectivity index (χ0v) is 11.4. The third-order valence-corrected chi connectivity index (χ3v) is 3.82. The van der Waals surface area contributed by atoms with Crippen LogP contribution in [0, 0.1) is 0 Å². The van der Waals surface area contributed by atoms with Gasteiger partial charge in [0.25, 0.3) is 0 Å². The van der Waals surface area contributed by atoms with E-state index in [2.05, 4.69) is 21.2 Å². The summed E-state index contributed by atoms with van der Waals surface area (Å²) in [5, 5.41) is 0. The Kier molecular flexibility index (Phi) is 3.40. The summed E-state index contributed by atoms with van der Waals surface area (Å²) in [6, 6.07) is 6.07. The number of nitrogens with zero attached hydrogens (tertiary/aromatic N) is 4. The predicted octanol–water partition coefficient (Wildman–Crippen LogP) is 0.935. The molecule has 19 heavy (non-hydrogen) atoms. The number of likely N-dealkylation sites (N-methyl/N-ethyl adjacent to an activating group) is 1. The molecular formula is C14H21N5. The Morgan fingerprint density at radius 2 is 2.11 bits per heavy atom. The summed E-state index contributed by atoms with van der Waals surface area (Å²) in [5.41, 5.74) is 8.03. The third kappa shape index (κ3) is 2.31. The fourth-order valence-corrected chi connectivity index (χ4v) is 2.74. The molecule has 0 saturated carbocycles. The number of rotatable bonds is 2. The molecule has 0 aliphatic carbocycles. The fraction of sp³-hybridized carbons (Fsp3) is 0.500. The van der Waals surface area contributed by atoms with Gasteiger partial charge in [0.05, 0.1) is 5.69 Å². The van der Waals surface area contributed by atoms with E-state index < -0.39 is 0 Å². The summed E-state index contributed by atoms with van der Waals surface area (Å²) in [6.07, 6.45) is 3.21. The lowest BCUT2D eigenvalue weighted by atomic mass is 10.3. The van der Waals surface area contributed by atoms with Crippen molar-refractivity contribution in [2.75, 3.05) is 38.1 Å². The average molecular weight is 259 g/mol. The Hall–Kier alpha value is -1.59. The molecule has 3 heterocycles. The van der Waals surface area contributed by atoms with E-state index in [1.54, 1.807) is 0 Å². The van der Waals surface area contributed by atoms with Crippen LogP contribution in [-0.2, 0) is 6.54 Å². The van der Waals surface area contributed by atoms with Crippen LogP contribution in [-0.4, -0.2) is 47.5 Å². The average Bonchev–Trinajstić information content (AvgIpc) is 2.67. The molecule has 0 spiro atoms. The minimum atomic E-state index is 0.521. The SMILES string of the molecule is CN1CCCN(c2nc3ccccn3c2CN)CC1. The highest BCUT2D eigenvalue weighted by Gasteiger charge is 2.19. The Bertz CT molecular complexity index is 562. The first kappa shape index (κ1) is 12.4. The highest BCUT2D eigenvalue weighted by atomic mass is 15.3. The zero-order chi connectivity index (χ0) is 13.2. The number of pyridine rings is 1. The molecule has 0 atom stereocenters. The highest BCUT2D eigenvalue weighted by Crippen LogP contribution is 2.22. The summed E-state index contributed by atoms with van der Waals surface area (Å²) >= 11 is 0. The van der Waals surface area contributed by atoms with Gasteiger partial charge in [0.2, 0.25) is 0 Å². The van der Waals surface area contributed by atoms with Crippen LogP contribution in [0.25, 0.3) is 5.65 Å². The molecule has 5 nitrogen and oxygen atoms in total. The number of imidazole rings is 1. The fourth-order valence-electron chi connectivity index (χ4n) is 2.74. The second-order valence-electron chi connectivity index (χ2n) is 5.16. The molecular weight excluding hydrogens is 238 g/mol. The summed E-state index contributed by atoms with van der Waals surface area (Å²) < 4.78 is 2.10. The highest BCUT2D eigenvalue weighted by molar-refractivity contribution is 5.56. The summed E-state index contributed by atoms with van der Waals surface area (Å²) in [7, 11) is 2.18. The lowest BCUT2D eigenvalue weighted by Crippen LogP contribution is -2.30. The molecule has 1 saturated heterocycles. The standard InChI is InChI=1S/C14H21N5/c1-17-6-4-7-18(10-9-17)14-12(11-15)19-8-3-2-5-13(19)16-14/h2-3,5,8H,4,6-7,9-11,15H2,1H3. The number of hydrogen-bond donors (Lipinski definition) is 1. The van der Waals surface area contributed by atoms with Crippen LogP contribution < -0.4 is 10.6 Å². The molecule has 1 aliphatic rings. The molecule has 0 amide bonds. The Morgan fingerprint density at radius 3 is 2.95 bits per heavy atom. The van der Waals surface area contributed by atoms with Gasteiger partial charge in [0.15, 0.2) is 5.82 Å². The number of anilines is 1. The largest absolute Gasteiger partial charge is 0.354 e. The quantitative estimate of drug-likeness (QED) is 0.872. The topological polar surface area (TPSA) is 49.8 Å². The molecule has 1 aliphatic heterocycles. The van der Waals surface area contributed by atoms with Gasteiger partial charge in [-0.3, -0.25) is 0 Å². The molecule has 2 aromatic rings. The van der Waals surface area contributed by atoms with Crippen molar-refractivity contribution in [1.29, 1.82) is 0 Å². The molecule has 2 aromatic heterocycles. The van der Waals surface area contributed by atoms with Gasteiger partial charge < -0.3 is 19.9 Å². The van der Waals surface area contributed by atoms with E-state index in [-0.39, 0.29) is 0 Å². The smallest absolute Gasteiger partial charge is 0.152 e. The van der Waals surface area contributed by atoms with Crippen LogP contribution in [0.2, 0.25) is 0 Å². The third-order valence-electron chi connectivity index (χ3n) is 3.82. The first-order chi connectivity index (χ1) is 9.29. The second kappa shape index (κ2) is 5.19. The first-order valence-electron chi connectivity index (χ1n) is 6.89. The molecule has 1 fully saturated rings. The van der Waals surface area contributed by atoms with E-state index in [9.17, 15) is 0 Å². The Morgan fingerprint density at radius 1 is 1.21 bits per heavy atom. The lowest BCUT2D eigenvalue weighted by molar-refractivity contribution is 0.360. The van der Waals surface area contributed by atoms with E-state index in [0.717, 1.165) is 43.3 Å². The lowest BCUT2D eigenvalue weighted by Gasteiger charge is -2.21. The van der Waals surface area contributed by atoms with Crippen molar-refractivity contribution in [2.24, 2.45) is 5.73 Å². The van der Waals surface area contributed by atoms with Gasteiger partial charge in [-0.15, -0.1) is 0 Å². The van der Waals surface area contributed by atoms with Crippen LogP contribution in [0.4, 0.5) is 5.82 Å². The van der Waals surface area contributed by atoms with Crippen molar-refractivity contribution in [3.05, 3.63) is 30.1 Å². The van der Waals surface area contributed by atoms with Crippen LogP contribution >= 0.6 is 0 Å². The molecule has 0 aromatic carbocycles. The van der Waals surface area contributed by atoms with Gasteiger partial charge in [-0.05, 0) is 32.1 Å². The number of fused-ring (bicyclic) bond motifs is 1. The molecule has 5 heteroatoms. The summed E-state index contributed by atoms with van der Waals surface area (Å²) in [6.45, 7) is 4.83. The van der Waals surface area contributed by atoms with Gasteiger partial charge in [-0.25, -0.2) is 4.98 Å². The Labute approximate surface area is 113 Å². The van der Waals surface area contributed by atoms with E-state index in [4.69, 9.17) is 10.7 Å². The zero-order valence-electron chi connectivity index (χ0n) is 11.4. The Balaban J connectivity index is 1.99. The molecule has 0 unspecified atom stereocenters. The van der Waals surface area contributed by atoms with Gasteiger partial charge in [0.1, 0.15) is 5.65 Å². The first-order valence-corrected chi connectivity index (χ1v) is 6.89. The molecule has 2 N–H and O–H groups in total. The molecule has 0 radical (unpaired) electrons. The molecule has 0 bridgehead atoms. The van der Waals surface area contributed by atoms with Crippen molar-refractivity contribution < 1.29 is 0 Å². The maximum atomic E-state index is 5.94. The van der Waals surface area contributed by atoms with Crippen LogP contribution in [0.15, 0.2) is 24.4 Å². The minimum Gasteiger partial charge on any atom is -0.354 e. The number of hydrogen-bond acceptors (Lipinski definition) is 4. The number of nitrogens with two attached hydrogens (primary N) is 1. The predicted molar refractivity (Wildman–Crippen MR) is 77.4 cm³/mol.